The molecule has 0 radical (unpaired) electrons. The Morgan fingerprint density at radius 3 is 2.81 bits per heavy atom. The summed E-state index contributed by atoms with van der Waals surface area (Å²) in [5.41, 5.74) is 0.502. The third-order valence-electron chi connectivity index (χ3n) is 3.47. The quantitative estimate of drug-likeness (QED) is 0.880. The van der Waals surface area contributed by atoms with Gasteiger partial charge in [-0.3, -0.25) is 9.59 Å². The van der Waals surface area contributed by atoms with Crippen molar-refractivity contribution in [2.75, 3.05) is 26.2 Å². The van der Waals surface area contributed by atoms with Crippen molar-refractivity contribution in [2.24, 2.45) is 7.05 Å². The number of nitrogens with zero attached hydrogens (tertiary/aromatic N) is 3. The standard InChI is InChI=1S/C14H16N4O2S/c1-17-13(19)10(14(20)18-6-4-15-5-7-18)9-11(16-17)12-3-2-8-21-12/h2-3,8-9,15H,4-7H2,1H3. The number of carbonyl (C=O) groups excluding carboxylic acids is 1. The summed E-state index contributed by atoms with van der Waals surface area (Å²) in [6, 6.07) is 5.46. The molecule has 1 fully saturated rings. The predicted octanol–water partition coefficient (Wildman–Crippen LogP) is 0.554. The van der Waals surface area contributed by atoms with Crippen LogP contribution in [0.15, 0.2) is 28.4 Å². The molecular formula is C14H16N4O2S. The molecule has 110 valence electrons. The van der Waals surface area contributed by atoms with Gasteiger partial charge in [-0.15, -0.1) is 11.3 Å². The molecule has 1 amide bonds. The van der Waals surface area contributed by atoms with Gasteiger partial charge in [0.2, 0.25) is 0 Å². The van der Waals surface area contributed by atoms with E-state index in [2.05, 4.69) is 10.4 Å². The van der Waals surface area contributed by atoms with Crippen molar-refractivity contribution in [3.63, 3.8) is 0 Å². The van der Waals surface area contributed by atoms with Gasteiger partial charge in [-0.25, -0.2) is 4.68 Å². The van der Waals surface area contributed by atoms with Crippen LogP contribution in [0.2, 0.25) is 0 Å². The van der Waals surface area contributed by atoms with E-state index in [9.17, 15) is 9.59 Å². The van der Waals surface area contributed by atoms with Crippen LogP contribution in [0.25, 0.3) is 10.6 Å². The Hall–Kier alpha value is -1.99. The molecule has 1 saturated heterocycles. The van der Waals surface area contributed by atoms with Gasteiger partial charge in [0.15, 0.2) is 0 Å². The molecule has 1 aliphatic heterocycles. The zero-order valence-electron chi connectivity index (χ0n) is 11.7. The molecule has 0 aliphatic carbocycles. The summed E-state index contributed by atoms with van der Waals surface area (Å²) in [6.07, 6.45) is 0. The minimum atomic E-state index is -0.348. The molecule has 3 rings (SSSR count). The largest absolute Gasteiger partial charge is 0.336 e. The van der Waals surface area contributed by atoms with Crippen molar-refractivity contribution >= 4 is 17.2 Å². The Morgan fingerprint density at radius 2 is 2.14 bits per heavy atom. The second kappa shape index (κ2) is 5.79. The molecule has 6 nitrogen and oxygen atoms in total. The molecule has 0 atom stereocenters. The highest BCUT2D eigenvalue weighted by Gasteiger charge is 2.22. The molecule has 0 spiro atoms. The second-order valence-corrected chi connectivity index (χ2v) is 5.84. The van der Waals surface area contributed by atoms with Crippen LogP contribution in [0.5, 0.6) is 0 Å². The lowest BCUT2D eigenvalue weighted by Gasteiger charge is -2.27. The number of rotatable bonds is 2. The van der Waals surface area contributed by atoms with E-state index < -0.39 is 0 Å². The van der Waals surface area contributed by atoms with E-state index in [1.807, 2.05) is 17.5 Å². The Labute approximate surface area is 126 Å². The number of hydrogen-bond acceptors (Lipinski definition) is 5. The summed E-state index contributed by atoms with van der Waals surface area (Å²) in [6.45, 7) is 2.77. The number of amides is 1. The molecule has 21 heavy (non-hydrogen) atoms. The number of piperazine rings is 1. The highest BCUT2D eigenvalue weighted by molar-refractivity contribution is 7.13. The minimum Gasteiger partial charge on any atom is -0.336 e. The minimum absolute atomic E-state index is 0.192. The van der Waals surface area contributed by atoms with Gasteiger partial charge in [0.1, 0.15) is 11.3 Å². The monoisotopic (exact) mass is 304 g/mol. The van der Waals surface area contributed by atoms with Crippen molar-refractivity contribution < 1.29 is 4.79 Å². The fourth-order valence-corrected chi connectivity index (χ4v) is 3.03. The van der Waals surface area contributed by atoms with Gasteiger partial charge < -0.3 is 10.2 Å². The van der Waals surface area contributed by atoms with Gasteiger partial charge >= 0.3 is 0 Å². The SMILES string of the molecule is Cn1nc(-c2cccs2)cc(C(=O)N2CCNCC2)c1=O. The first-order valence-electron chi connectivity index (χ1n) is 6.79. The van der Waals surface area contributed by atoms with Crippen molar-refractivity contribution in [2.45, 2.75) is 0 Å². The van der Waals surface area contributed by atoms with Crippen LogP contribution >= 0.6 is 11.3 Å². The molecule has 0 unspecified atom stereocenters. The summed E-state index contributed by atoms with van der Waals surface area (Å²) in [5, 5.41) is 9.37. The van der Waals surface area contributed by atoms with Crippen LogP contribution < -0.4 is 10.9 Å². The first kappa shape index (κ1) is 14.0. The molecule has 7 heteroatoms. The number of thiophene rings is 1. The maximum absolute atomic E-state index is 12.6. The summed E-state index contributed by atoms with van der Waals surface area (Å²) in [7, 11) is 1.58. The van der Waals surface area contributed by atoms with Gasteiger partial charge in [0, 0.05) is 33.2 Å². The number of hydrogen-bond donors (Lipinski definition) is 1. The van der Waals surface area contributed by atoms with Crippen LogP contribution in [0, 0.1) is 0 Å². The molecule has 1 N–H and O–H groups in total. The lowest BCUT2D eigenvalue weighted by Crippen LogP contribution is -2.48. The van der Waals surface area contributed by atoms with E-state index in [0.29, 0.717) is 18.8 Å². The van der Waals surface area contributed by atoms with Gasteiger partial charge in [0.25, 0.3) is 11.5 Å². The second-order valence-electron chi connectivity index (χ2n) is 4.89. The fraction of sp³-hybridized carbons (Fsp3) is 0.357. The zero-order chi connectivity index (χ0) is 14.8. The Kier molecular flexibility index (Phi) is 3.85. The first-order chi connectivity index (χ1) is 10.2. The highest BCUT2D eigenvalue weighted by atomic mass is 32.1. The van der Waals surface area contributed by atoms with Crippen molar-refractivity contribution in [1.29, 1.82) is 0 Å². The third-order valence-corrected chi connectivity index (χ3v) is 4.36. The zero-order valence-corrected chi connectivity index (χ0v) is 12.5. The molecule has 0 saturated carbocycles. The predicted molar refractivity (Wildman–Crippen MR) is 81.6 cm³/mol. The van der Waals surface area contributed by atoms with E-state index >= 15 is 0 Å². The van der Waals surface area contributed by atoms with Crippen molar-refractivity contribution in [1.82, 2.24) is 20.0 Å². The summed E-state index contributed by atoms with van der Waals surface area (Å²) in [5.74, 6) is -0.211. The summed E-state index contributed by atoms with van der Waals surface area (Å²) in [4.78, 5) is 27.4. The van der Waals surface area contributed by atoms with E-state index in [4.69, 9.17) is 0 Å². The lowest BCUT2D eigenvalue weighted by atomic mass is 10.2. The average molecular weight is 304 g/mol. The number of aryl methyl sites for hydroxylation is 1. The lowest BCUT2D eigenvalue weighted by molar-refractivity contribution is 0.0733. The molecular weight excluding hydrogens is 288 g/mol. The topological polar surface area (TPSA) is 67.2 Å². The molecule has 0 aromatic carbocycles. The van der Waals surface area contributed by atoms with Crippen LogP contribution in [0.3, 0.4) is 0 Å². The van der Waals surface area contributed by atoms with Gasteiger partial charge in [-0.2, -0.15) is 5.10 Å². The first-order valence-corrected chi connectivity index (χ1v) is 7.67. The molecule has 3 heterocycles. The fourth-order valence-electron chi connectivity index (χ4n) is 2.34. The Bertz CT molecular complexity index is 702. The maximum atomic E-state index is 12.6. The normalized spacial score (nSPS) is 15.2. The molecule has 2 aromatic rings. The maximum Gasteiger partial charge on any atom is 0.279 e. The highest BCUT2D eigenvalue weighted by Crippen LogP contribution is 2.22. The average Bonchev–Trinajstić information content (AvgIpc) is 3.04. The number of aromatic nitrogens is 2. The van der Waals surface area contributed by atoms with E-state index in [-0.39, 0.29) is 17.0 Å². The Balaban J connectivity index is 2.01. The van der Waals surface area contributed by atoms with Crippen molar-refractivity contribution in [3.8, 4) is 10.6 Å². The van der Waals surface area contributed by atoms with Crippen LogP contribution in [-0.4, -0.2) is 46.8 Å². The van der Waals surface area contributed by atoms with Gasteiger partial charge in [0.05, 0.1) is 4.88 Å². The van der Waals surface area contributed by atoms with Crippen LogP contribution in [-0.2, 0) is 7.05 Å². The smallest absolute Gasteiger partial charge is 0.279 e. The van der Waals surface area contributed by atoms with Crippen LogP contribution in [0.4, 0.5) is 0 Å². The van der Waals surface area contributed by atoms with E-state index in [1.54, 1.807) is 18.0 Å². The number of carbonyl (C=O) groups is 1. The van der Waals surface area contributed by atoms with Crippen molar-refractivity contribution in [3.05, 3.63) is 39.5 Å². The Morgan fingerprint density at radius 1 is 1.38 bits per heavy atom. The molecule has 0 bridgehead atoms. The van der Waals surface area contributed by atoms with E-state index in [1.165, 1.54) is 16.0 Å². The number of nitrogens with one attached hydrogen (secondary N) is 1. The van der Waals surface area contributed by atoms with Gasteiger partial charge in [-0.05, 0) is 17.5 Å². The van der Waals surface area contributed by atoms with E-state index in [0.717, 1.165) is 18.0 Å². The summed E-state index contributed by atoms with van der Waals surface area (Å²) >= 11 is 1.53. The molecule has 2 aromatic heterocycles. The summed E-state index contributed by atoms with van der Waals surface area (Å²) < 4.78 is 1.24. The van der Waals surface area contributed by atoms with Crippen LogP contribution in [0.1, 0.15) is 10.4 Å². The third kappa shape index (κ3) is 2.74. The molecule has 1 aliphatic rings. The van der Waals surface area contributed by atoms with Gasteiger partial charge in [-0.1, -0.05) is 6.07 Å².